The number of rotatable bonds is 5. The zero-order chi connectivity index (χ0) is 23.8. The Morgan fingerprint density at radius 2 is 1.97 bits per heavy atom. The van der Waals surface area contributed by atoms with Crippen LogP contribution in [-0.2, 0) is 4.79 Å². The number of halogens is 1. The average Bonchev–Trinajstić information content (AvgIpc) is 3.42. The average molecular weight is 473 g/mol. The molecule has 2 heterocycles. The molecule has 0 bridgehead atoms. The van der Waals surface area contributed by atoms with E-state index in [4.69, 9.17) is 9.15 Å². The number of para-hydroxylation sites is 1. The number of nitrogens with zero attached hydrogens (tertiary/aromatic N) is 1. The first kappa shape index (κ1) is 21.9. The number of ether oxygens (including phenoxy) is 1. The van der Waals surface area contributed by atoms with Crippen molar-refractivity contribution in [2.24, 2.45) is 0 Å². The highest BCUT2D eigenvalue weighted by Gasteiger charge is 2.15. The summed E-state index contributed by atoms with van der Waals surface area (Å²) < 4.78 is 25.7. The summed E-state index contributed by atoms with van der Waals surface area (Å²) >= 11 is 1.44. The number of furan rings is 1. The second-order valence-electron chi connectivity index (χ2n) is 7.96. The highest BCUT2D eigenvalue weighted by molar-refractivity contribution is 7.22. The Bertz CT molecular complexity index is 1560. The van der Waals surface area contributed by atoms with E-state index in [1.54, 1.807) is 31.6 Å². The Morgan fingerprint density at radius 1 is 1.18 bits per heavy atom. The van der Waals surface area contributed by atoms with Crippen molar-refractivity contribution in [3.05, 3.63) is 83.9 Å². The van der Waals surface area contributed by atoms with E-state index in [1.807, 2.05) is 38.1 Å². The monoisotopic (exact) mass is 472 g/mol. The van der Waals surface area contributed by atoms with Crippen LogP contribution in [-0.4, -0.2) is 18.0 Å². The summed E-state index contributed by atoms with van der Waals surface area (Å²) in [6.45, 7) is 3.85. The van der Waals surface area contributed by atoms with E-state index in [9.17, 15) is 9.18 Å². The molecule has 0 aliphatic heterocycles. The molecule has 0 radical (unpaired) electrons. The molecule has 7 heteroatoms. The summed E-state index contributed by atoms with van der Waals surface area (Å²) in [5, 5.41) is 4.26. The van der Waals surface area contributed by atoms with E-state index in [1.165, 1.54) is 29.5 Å². The van der Waals surface area contributed by atoms with Crippen molar-refractivity contribution in [1.82, 2.24) is 4.98 Å². The van der Waals surface area contributed by atoms with Gasteiger partial charge in [-0.15, -0.1) is 0 Å². The second-order valence-corrected chi connectivity index (χ2v) is 8.99. The Morgan fingerprint density at radius 3 is 2.71 bits per heavy atom. The molecule has 1 amide bonds. The summed E-state index contributed by atoms with van der Waals surface area (Å²) in [7, 11) is 1.57. The van der Waals surface area contributed by atoms with E-state index in [-0.39, 0.29) is 11.7 Å². The molecule has 5 rings (SSSR count). The Kier molecular flexibility index (Phi) is 5.63. The molecule has 3 aromatic carbocycles. The van der Waals surface area contributed by atoms with Crippen LogP contribution >= 0.6 is 11.3 Å². The molecule has 0 fully saturated rings. The highest BCUT2D eigenvalue weighted by atomic mass is 32.1. The fourth-order valence-corrected chi connectivity index (χ4v) is 4.89. The van der Waals surface area contributed by atoms with Crippen molar-refractivity contribution < 1.29 is 18.3 Å². The normalized spacial score (nSPS) is 11.8. The Hall–Kier alpha value is -3.97. The van der Waals surface area contributed by atoms with Gasteiger partial charge in [-0.05, 0) is 54.8 Å². The lowest BCUT2D eigenvalue weighted by molar-refractivity contribution is -0.111. The number of thiazole rings is 1. The number of carbonyl (C=O) groups excluding carboxylic acids is 1. The van der Waals surface area contributed by atoms with Gasteiger partial charge in [0, 0.05) is 28.7 Å². The summed E-state index contributed by atoms with van der Waals surface area (Å²) in [4.78, 5) is 17.3. The molecule has 0 unspecified atom stereocenters. The number of aryl methyl sites for hydroxylation is 1. The number of methoxy groups -OCH3 is 1. The van der Waals surface area contributed by atoms with Gasteiger partial charge in [0.05, 0.1) is 23.6 Å². The Balaban J connectivity index is 1.48. The first-order chi connectivity index (χ1) is 16.4. The van der Waals surface area contributed by atoms with Crippen LogP contribution in [0.5, 0.6) is 5.75 Å². The second kappa shape index (κ2) is 8.76. The molecule has 34 heavy (non-hydrogen) atoms. The molecule has 5 aromatic rings. The molecule has 0 aliphatic carbocycles. The number of anilines is 1. The summed E-state index contributed by atoms with van der Waals surface area (Å²) in [5.41, 5.74) is 5.75. The number of hydrogen-bond acceptors (Lipinski definition) is 5. The molecule has 5 nitrogen and oxygen atoms in total. The lowest BCUT2D eigenvalue weighted by Crippen LogP contribution is -2.08. The molecule has 0 saturated carbocycles. The minimum atomic E-state index is -0.299. The van der Waals surface area contributed by atoms with Gasteiger partial charge in [-0.1, -0.05) is 35.6 Å². The van der Waals surface area contributed by atoms with Crippen molar-refractivity contribution in [3.63, 3.8) is 0 Å². The maximum absolute atomic E-state index is 13.4. The maximum Gasteiger partial charge on any atom is 0.250 e. The third-order valence-electron chi connectivity index (χ3n) is 5.67. The Labute approximate surface area is 199 Å². The summed E-state index contributed by atoms with van der Waals surface area (Å²) in [6.07, 6.45) is 3.17. The van der Waals surface area contributed by atoms with E-state index in [0.29, 0.717) is 16.5 Å². The number of fused-ring (bicyclic) bond motifs is 2. The van der Waals surface area contributed by atoms with Crippen molar-refractivity contribution in [1.29, 1.82) is 0 Å². The number of allylic oxidation sites excluding steroid dienone is 1. The maximum atomic E-state index is 13.4. The minimum Gasteiger partial charge on any atom is -0.496 e. The zero-order valence-corrected chi connectivity index (χ0v) is 19.6. The number of aromatic nitrogens is 1. The molecular weight excluding hydrogens is 451 g/mol. The van der Waals surface area contributed by atoms with Gasteiger partial charge >= 0.3 is 0 Å². The number of carbonyl (C=O) groups is 1. The molecule has 1 N–H and O–H groups in total. The smallest absolute Gasteiger partial charge is 0.250 e. The molecule has 0 saturated heterocycles. The largest absolute Gasteiger partial charge is 0.496 e. The number of amides is 1. The molecular formula is C27H21FN2O3S. The van der Waals surface area contributed by atoms with Gasteiger partial charge in [-0.3, -0.25) is 10.1 Å². The zero-order valence-electron chi connectivity index (χ0n) is 18.8. The number of benzene rings is 3. The van der Waals surface area contributed by atoms with Crippen molar-refractivity contribution in [2.75, 3.05) is 12.4 Å². The van der Waals surface area contributed by atoms with Crippen LogP contribution in [0.25, 0.3) is 37.9 Å². The SMILES string of the molecule is COc1cc2occ(-c3ccc(F)cc3)c2cc1/C(C)=C/C(=O)Nc1nc2c(C)cccc2s1. The lowest BCUT2D eigenvalue weighted by Gasteiger charge is -2.10. The summed E-state index contributed by atoms with van der Waals surface area (Å²) in [6, 6.07) is 15.9. The standard InChI is InChI=1S/C27H21FN2O3S/c1-15-5-4-6-24-26(15)30-27(34-24)29-25(31)11-16(2)19-12-20-21(17-7-9-18(28)10-8-17)14-33-23(20)13-22(19)32-3/h4-14H,1-3H3,(H,29,30,31)/b16-11+. The molecule has 0 spiro atoms. The summed E-state index contributed by atoms with van der Waals surface area (Å²) in [5.74, 6) is 0.0129. The predicted molar refractivity (Wildman–Crippen MR) is 135 cm³/mol. The van der Waals surface area contributed by atoms with Gasteiger partial charge < -0.3 is 9.15 Å². The van der Waals surface area contributed by atoms with Gasteiger partial charge in [0.25, 0.3) is 0 Å². The minimum absolute atomic E-state index is 0.276. The highest BCUT2D eigenvalue weighted by Crippen LogP contribution is 2.37. The van der Waals surface area contributed by atoms with Crippen LogP contribution in [0, 0.1) is 12.7 Å². The van der Waals surface area contributed by atoms with Gasteiger partial charge in [0.15, 0.2) is 5.13 Å². The van der Waals surface area contributed by atoms with E-state index >= 15 is 0 Å². The first-order valence-electron chi connectivity index (χ1n) is 10.6. The topological polar surface area (TPSA) is 64.4 Å². The predicted octanol–water partition coefficient (Wildman–Crippen LogP) is 7.21. The molecule has 0 aliphatic rings. The van der Waals surface area contributed by atoms with Crippen molar-refractivity contribution in [2.45, 2.75) is 13.8 Å². The van der Waals surface area contributed by atoms with Crippen LogP contribution in [0.4, 0.5) is 9.52 Å². The van der Waals surface area contributed by atoms with Crippen LogP contribution in [0.2, 0.25) is 0 Å². The van der Waals surface area contributed by atoms with Crippen LogP contribution < -0.4 is 10.1 Å². The van der Waals surface area contributed by atoms with E-state index in [0.717, 1.165) is 43.4 Å². The van der Waals surface area contributed by atoms with Crippen LogP contribution in [0.3, 0.4) is 0 Å². The van der Waals surface area contributed by atoms with Gasteiger partial charge in [0.1, 0.15) is 17.1 Å². The van der Waals surface area contributed by atoms with Crippen LogP contribution in [0.15, 0.2) is 71.4 Å². The van der Waals surface area contributed by atoms with Crippen molar-refractivity contribution in [3.8, 4) is 16.9 Å². The van der Waals surface area contributed by atoms with E-state index < -0.39 is 0 Å². The molecule has 170 valence electrons. The lowest BCUT2D eigenvalue weighted by atomic mass is 9.99. The third-order valence-corrected chi connectivity index (χ3v) is 6.61. The molecule has 0 atom stereocenters. The molecule has 2 aromatic heterocycles. The van der Waals surface area contributed by atoms with Crippen molar-refractivity contribution >= 4 is 49.1 Å². The first-order valence-corrected chi connectivity index (χ1v) is 11.5. The van der Waals surface area contributed by atoms with Gasteiger partial charge in [-0.2, -0.15) is 0 Å². The number of hydrogen-bond donors (Lipinski definition) is 1. The fraction of sp³-hybridized carbons (Fsp3) is 0.111. The van der Waals surface area contributed by atoms with Crippen LogP contribution in [0.1, 0.15) is 18.1 Å². The van der Waals surface area contributed by atoms with Gasteiger partial charge in [-0.25, -0.2) is 9.37 Å². The number of nitrogens with one attached hydrogen (secondary N) is 1. The van der Waals surface area contributed by atoms with E-state index in [2.05, 4.69) is 10.3 Å². The fourth-order valence-electron chi connectivity index (χ4n) is 3.94. The third kappa shape index (κ3) is 4.06. The quantitative estimate of drug-likeness (QED) is 0.275. The van der Waals surface area contributed by atoms with Gasteiger partial charge in [0.2, 0.25) is 5.91 Å².